The predicted molar refractivity (Wildman–Crippen MR) is 80.8 cm³/mol. The summed E-state index contributed by atoms with van der Waals surface area (Å²) in [6, 6.07) is 15.2. The number of rotatable bonds is 6. The number of ether oxygens (including phenoxy) is 4. The minimum Gasteiger partial charge on any atom is -0.497 e. The van der Waals surface area contributed by atoms with Crippen molar-refractivity contribution in [2.45, 2.75) is 5.79 Å². The average Bonchev–Trinajstić information content (AvgIpc) is 2.57. The summed E-state index contributed by atoms with van der Waals surface area (Å²) in [4.78, 5) is 0. The number of benzene rings is 2. The van der Waals surface area contributed by atoms with Crippen molar-refractivity contribution in [3.63, 3.8) is 0 Å². The van der Waals surface area contributed by atoms with Crippen LogP contribution in [0.5, 0.6) is 11.5 Å². The van der Waals surface area contributed by atoms with Gasteiger partial charge in [-0.2, -0.15) is 0 Å². The fourth-order valence-electron chi connectivity index (χ4n) is 2.34. The zero-order chi connectivity index (χ0) is 15.3. The lowest BCUT2D eigenvalue weighted by Gasteiger charge is -2.32. The van der Waals surface area contributed by atoms with Crippen LogP contribution in [0.25, 0.3) is 0 Å². The summed E-state index contributed by atoms with van der Waals surface area (Å²) < 4.78 is 21.8. The summed E-state index contributed by atoms with van der Waals surface area (Å²) in [6.45, 7) is 0. The summed E-state index contributed by atoms with van der Waals surface area (Å²) in [7, 11) is 6.52. The van der Waals surface area contributed by atoms with Gasteiger partial charge in [0.2, 0.25) is 5.79 Å². The van der Waals surface area contributed by atoms with Gasteiger partial charge in [0.15, 0.2) is 0 Å². The smallest absolute Gasteiger partial charge is 0.221 e. The largest absolute Gasteiger partial charge is 0.497 e. The van der Waals surface area contributed by atoms with Crippen LogP contribution in [0.15, 0.2) is 48.5 Å². The Morgan fingerprint density at radius 1 is 0.571 bits per heavy atom. The Hall–Kier alpha value is -2.04. The van der Waals surface area contributed by atoms with E-state index in [1.54, 1.807) is 28.4 Å². The number of hydrogen-bond acceptors (Lipinski definition) is 4. The maximum atomic E-state index is 5.70. The fraction of sp³-hybridized carbons (Fsp3) is 0.294. The molecule has 0 aliphatic heterocycles. The summed E-state index contributed by atoms with van der Waals surface area (Å²) in [5, 5.41) is 0. The first-order valence-corrected chi connectivity index (χ1v) is 6.59. The van der Waals surface area contributed by atoms with Crippen LogP contribution in [-0.4, -0.2) is 28.4 Å². The SMILES string of the molecule is COc1ccc(C(OC)(OC)c2ccc(OC)cc2)cc1. The van der Waals surface area contributed by atoms with E-state index in [9.17, 15) is 0 Å². The van der Waals surface area contributed by atoms with Crippen molar-refractivity contribution < 1.29 is 18.9 Å². The van der Waals surface area contributed by atoms with E-state index >= 15 is 0 Å². The Labute approximate surface area is 125 Å². The van der Waals surface area contributed by atoms with E-state index in [0.29, 0.717) is 0 Å². The molecule has 0 amide bonds. The molecule has 112 valence electrons. The molecule has 0 N–H and O–H groups in total. The molecule has 21 heavy (non-hydrogen) atoms. The van der Waals surface area contributed by atoms with Gasteiger partial charge >= 0.3 is 0 Å². The Morgan fingerprint density at radius 2 is 0.905 bits per heavy atom. The number of hydrogen-bond donors (Lipinski definition) is 0. The van der Waals surface area contributed by atoms with E-state index in [1.807, 2.05) is 48.5 Å². The lowest BCUT2D eigenvalue weighted by Crippen LogP contribution is -2.32. The van der Waals surface area contributed by atoms with E-state index in [2.05, 4.69) is 0 Å². The summed E-state index contributed by atoms with van der Waals surface area (Å²) in [6.07, 6.45) is 0. The molecule has 2 rings (SSSR count). The van der Waals surface area contributed by atoms with Gasteiger partial charge in [0, 0.05) is 25.3 Å². The normalized spacial score (nSPS) is 11.2. The minimum atomic E-state index is -0.960. The Balaban J connectivity index is 2.46. The zero-order valence-corrected chi connectivity index (χ0v) is 12.8. The van der Waals surface area contributed by atoms with Crippen LogP contribution < -0.4 is 9.47 Å². The molecule has 0 atom stereocenters. The van der Waals surface area contributed by atoms with E-state index < -0.39 is 5.79 Å². The van der Waals surface area contributed by atoms with Gasteiger partial charge in [0.1, 0.15) is 11.5 Å². The topological polar surface area (TPSA) is 36.9 Å². The highest BCUT2D eigenvalue weighted by atomic mass is 16.7. The van der Waals surface area contributed by atoms with Gasteiger partial charge in [0.25, 0.3) is 0 Å². The predicted octanol–water partition coefficient (Wildman–Crippen LogP) is 3.20. The fourth-order valence-corrected chi connectivity index (χ4v) is 2.34. The molecular weight excluding hydrogens is 268 g/mol. The Morgan fingerprint density at radius 3 is 1.14 bits per heavy atom. The second-order valence-corrected chi connectivity index (χ2v) is 4.48. The van der Waals surface area contributed by atoms with Gasteiger partial charge < -0.3 is 18.9 Å². The maximum Gasteiger partial charge on any atom is 0.221 e. The molecule has 0 bridgehead atoms. The second-order valence-electron chi connectivity index (χ2n) is 4.48. The molecule has 2 aromatic rings. The summed E-state index contributed by atoms with van der Waals surface area (Å²) in [5.41, 5.74) is 1.77. The molecule has 2 aromatic carbocycles. The molecule has 0 saturated heterocycles. The molecule has 0 aliphatic rings. The third kappa shape index (κ3) is 2.86. The van der Waals surface area contributed by atoms with Crippen molar-refractivity contribution in [1.29, 1.82) is 0 Å². The van der Waals surface area contributed by atoms with E-state index in [4.69, 9.17) is 18.9 Å². The monoisotopic (exact) mass is 288 g/mol. The van der Waals surface area contributed by atoms with Gasteiger partial charge in [-0.1, -0.05) is 0 Å². The van der Waals surface area contributed by atoms with Crippen molar-refractivity contribution in [2.24, 2.45) is 0 Å². The van der Waals surface area contributed by atoms with E-state index in [-0.39, 0.29) is 0 Å². The molecule has 0 fully saturated rings. The van der Waals surface area contributed by atoms with Gasteiger partial charge in [-0.25, -0.2) is 0 Å². The lowest BCUT2D eigenvalue weighted by atomic mass is 9.96. The van der Waals surface area contributed by atoms with Gasteiger partial charge in [-0.05, 0) is 48.5 Å². The van der Waals surface area contributed by atoms with Crippen molar-refractivity contribution >= 4 is 0 Å². The molecule has 4 nitrogen and oxygen atoms in total. The quantitative estimate of drug-likeness (QED) is 0.765. The summed E-state index contributed by atoms with van der Waals surface area (Å²) in [5.74, 6) is 0.614. The highest BCUT2D eigenvalue weighted by molar-refractivity contribution is 5.39. The van der Waals surface area contributed by atoms with Crippen LogP contribution in [-0.2, 0) is 15.3 Å². The van der Waals surface area contributed by atoms with Gasteiger partial charge in [-0.3, -0.25) is 0 Å². The first kappa shape index (κ1) is 15.4. The standard InChI is InChI=1S/C17H20O4/c1-18-15-9-5-13(6-10-15)17(20-3,21-4)14-7-11-16(19-2)12-8-14/h5-12H,1-4H3. The second kappa shape index (κ2) is 6.61. The third-order valence-corrected chi connectivity index (χ3v) is 3.52. The zero-order valence-electron chi connectivity index (χ0n) is 12.8. The van der Waals surface area contributed by atoms with Crippen molar-refractivity contribution in [1.82, 2.24) is 0 Å². The molecule has 4 heteroatoms. The van der Waals surface area contributed by atoms with Crippen LogP contribution in [0.3, 0.4) is 0 Å². The molecule has 0 saturated carbocycles. The molecule has 0 heterocycles. The Kier molecular flexibility index (Phi) is 4.83. The molecule has 0 spiro atoms. The van der Waals surface area contributed by atoms with Crippen LogP contribution >= 0.6 is 0 Å². The van der Waals surface area contributed by atoms with E-state index in [0.717, 1.165) is 22.6 Å². The lowest BCUT2D eigenvalue weighted by molar-refractivity contribution is -0.183. The van der Waals surface area contributed by atoms with Gasteiger partial charge in [-0.15, -0.1) is 0 Å². The number of methoxy groups -OCH3 is 4. The highest BCUT2D eigenvalue weighted by Gasteiger charge is 2.34. The van der Waals surface area contributed by atoms with E-state index in [1.165, 1.54) is 0 Å². The molecular formula is C17H20O4. The van der Waals surface area contributed by atoms with Crippen LogP contribution in [0.2, 0.25) is 0 Å². The van der Waals surface area contributed by atoms with Crippen molar-refractivity contribution in [2.75, 3.05) is 28.4 Å². The first-order chi connectivity index (χ1) is 10.2. The highest BCUT2D eigenvalue weighted by Crippen LogP contribution is 2.35. The minimum absolute atomic E-state index is 0.787. The molecule has 0 aliphatic carbocycles. The van der Waals surface area contributed by atoms with Crippen LogP contribution in [0, 0.1) is 0 Å². The van der Waals surface area contributed by atoms with Crippen LogP contribution in [0.1, 0.15) is 11.1 Å². The third-order valence-electron chi connectivity index (χ3n) is 3.52. The van der Waals surface area contributed by atoms with Crippen LogP contribution in [0.4, 0.5) is 0 Å². The first-order valence-electron chi connectivity index (χ1n) is 6.59. The maximum absolute atomic E-state index is 5.70. The Bertz CT molecular complexity index is 507. The average molecular weight is 288 g/mol. The molecule has 0 radical (unpaired) electrons. The van der Waals surface area contributed by atoms with Gasteiger partial charge in [0.05, 0.1) is 14.2 Å². The van der Waals surface area contributed by atoms with Crippen molar-refractivity contribution in [3.8, 4) is 11.5 Å². The molecule has 0 aromatic heterocycles. The van der Waals surface area contributed by atoms with Crippen molar-refractivity contribution in [3.05, 3.63) is 59.7 Å². The summed E-state index contributed by atoms with van der Waals surface area (Å²) >= 11 is 0. The molecule has 0 unspecified atom stereocenters.